The van der Waals surface area contributed by atoms with Gasteiger partial charge in [-0.1, -0.05) is 54.6 Å². The van der Waals surface area contributed by atoms with Gasteiger partial charge in [-0.15, -0.1) is 0 Å². The molecule has 1 atom stereocenters. The van der Waals surface area contributed by atoms with Crippen LogP contribution in [0.4, 0.5) is 0 Å². The predicted molar refractivity (Wildman–Crippen MR) is 105 cm³/mol. The minimum absolute atomic E-state index is 0.0291. The number of benzene rings is 2. The Hall–Kier alpha value is -2.59. The minimum Gasteiger partial charge on any atom is -0.348 e. The number of hydrogen-bond acceptors (Lipinski definition) is 3. The van der Waals surface area contributed by atoms with Gasteiger partial charge in [-0.05, 0) is 35.2 Å². The molecule has 0 saturated heterocycles. The molecule has 0 fully saturated rings. The molecule has 126 valence electrons. The molecule has 3 rings (SSSR count). The Morgan fingerprint density at radius 2 is 1.68 bits per heavy atom. The van der Waals surface area contributed by atoms with E-state index in [1.807, 2.05) is 18.2 Å². The molecular formula is C21H20N2OS. The summed E-state index contributed by atoms with van der Waals surface area (Å²) in [6.45, 7) is 0. The summed E-state index contributed by atoms with van der Waals surface area (Å²) in [5, 5.41) is 3.02. The van der Waals surface area contributed by atoms with Crippen molar-refractivity contribution in [3.63, 3.8) is 0 Å². The highest BCUT2D eigenvalue weighted by Gasteiger charge is 2.13. The van der Waals surface area contributed by atoms with Crippen LogP contribution in [0.2, 0.25) is 0 Å². The van der Waals surface area contributed by atoms with Crippen molar-refractivity contribution in [1.82, 2.24) is 10.3 Å². The summed E-state index contributed by atoms with van der Waals surface area (Å²) in [4.78, 5) is 16.2. The van der Waals surface area contributed by atoms with Crippen LogP contribution in [0, 0.1) is 0 Å². The normalized spacial score (nSPS) is 11.7. The van der Waals surface area contributed by atoms with Gasteiger partial charge in [0, 0.05) is 24.2 Å². The van der Waals surface area contributed by atoms with Crippen molar-refractivity contribution in [3.05, 3.63) is 90.3 Å². The van der Waals surface area contributed by atoms with Crippen molar-refractivity contribution in [1.29, 1.82) is 0 Å². The molecule has 3 nitrogen and oxygen atoms in total. The standard InChI is InChI=1S/C21H20N2OS/c24-21(19-7-4-12-22-14-19)23-20(15-25)13-16-8-10-18(11-9-16)17-5-2-1-3-6-17/h1-12,14,20,25H,13,15H2,(H,23,24)/t20-/m1/s1. The third-order valence-electron chi connectivity index (χ3n) is 4.02. The molecule has 1 amide bonds. The van der Waals surface area contributed by atoms with Crippen molar-refractivity contribution >= 4 is 18.5 Å². The van der Waals surface area contributed by atoms with E-state index >= 15 is 0 Å². The molecule has 0 saturated carbocycles. The smallest absolute Gasteiger partial charge is 0.253 e. The van der Waals surface area contributed by atoms with E-state index < -0.39 is 0 Å². The van der Waals surface area contributed by atoms with Crippen LogP contribution >= 0.6 is 12.6 Å². The number of carbonyl (C=O) groups excluding carboxylic acids is 1. The van der Waals surface area contributed by atoms with E-state index in [0.717, 1.165) is 6.42 Å². The second-order valence-corrected chi connectivity index (χ2v) is 6.23. The monoisotopic (exact) mass is 348 g/mol. The van der Waals surface area contributed by atoms with Crippen molar-refractivity contribution < 1.29 is 4.79 Å². The van der Waals surface area contributed by atoms with Gasteiger partial charge < -0.3 is 5.32 Å². The summed E-state index contributed by atoms with van der Waals surface area (Å²) in [5.74, 6) is 0.458. The first-order chi connectivity index (χ1) is 12.3. The first-order valence-electron chi connectivity index (χ1n) is 8.22. The van der Waals surface area contributed by atoms with Gasteiger partial charge >= 0.3 is 0 Å². The lowest BCUT2D eigenvalue weighted by atomic mass is 10.0. The van der Waals surface area contributed by atoms with Crippen LogP contribution < -0.4 is 5.32 Å². The third-order valence-corrected chi connectivity index (χ3v) is 4.46. The van der Waals surface area contributed by atoms with Gasteiger partial charge in [0.2, 0.25) is 0 Å². The fraction of sp³-hybridized carbons (Fsp3) is 0.143. The molecule has 1 N–H and O–H groups in total. The number of hydrogen-bond donors (Lipinski definition) is 2. The Balaban J connectivity index is 1.65. The fourth-order valence-electron chi connectivity index (χ4n) is 2.68. The summed E-state index contributed by atoms with van der Waals surface area (Å²) in [6.07, 6.45) is 3.96. The van der Waals surface area contributed by atoms with Gasteiger partial charge in [0.25, 0.3) is 5.91 Å². The average Bonchev–Trinajstić information content (AvgIpc) is 2.69. The lowest BCUT2D eigenvalue weighted by Crippen LogP contribution is -2.37. The van der Waals surface area contributed by atoms with Gasteiger partial charge in [-0.3, -0.25) is 9.78 Å². The highest BCUT2D eigenvalue weighted by molar-refractivity contribution is 7.80. The number of carbonyl (C=O) groups is 1. The topological polar surface area (TPSA) is 42.0 Å². The number of nitrogens with zero attached hydrogens (tertiary/aromatic N) is 1. The highest BCUT2D eigenvalue weighted by atomic mass is 32.1. The number of amides is 1. The zero-order chi connectivity index (χ0) is 17.5. The highest BCUT2D eigenvalue weighted by Crippen LogP contribution is 2.19. The summed E-state index contributed by atoms with van der Waals surface area (Å²) in [5.41, 5.74) is 4.12. The summed E-state index contributed by atoms with van der Waals surface area (Å²) >= 11 is 4.38. The lowest BCUT2D eigenvalue weighted by molar-refractivity contribution is 0.0940. The van der Waals surface area contributed by atoms with E-state index in [1.54, 1.807) is 24.5 Å². The van der Waals surface area contributed by atoms with Crippen LogP contribution in [0.15, 0.2) is 79.1 Å². The van der Waals surface area contributed by atoms with Crippen LogP contribution in [0.3, 0.4) is 0 Å². The van der Waals surface area contributed by atoms with Crippen molar-refractivity contribution in [2.75, 3.05) is 5.75 Å². The third kappa shape index (κ3) is 4.70. The zero-order valence-electron chi connectivity index (χ0n) is 13.8. The Bertz CT molecular complexity index is 804. The van der Waals surface area contributed by atoms with Crippen molar-refractivity contribution in [2.24, 2.45) is 0 Å². The number of thiol groups is 1. The number of nitrogens with one attached hydrogen (secondary N) is 1. The predicted octanol–water partition coefficient (Wildman–Crippen LogP) is 4.02. The molecule has 3 aromatic rings. The molecule has 25 heavy (non-hydrogen) atoms. The second kappa shape index (κ2) is 8.49. The van der Waals surface area contributed by atoms with E-state index in [2.05, 4.69) is 59.3 Å². The van der Waals surface area contributed by atoms with Crippen LogP contribution in [0.25, 0.3) is 11.1 Å². The molecule has 0 spiro atoms. The quantitative estimate of drug-likeness (QED) is 0.661. The van der Waals surface area contributed by atoms with Crippen molar-refractivity contribution in [2.45, 2.75) is 12.5 Å². The Kier molecular flexibility index (Phi) is 5.86. The Morgan fingerprint density at radius 3 is 2.32 bits per heavy atom. The van der Waals surface area contributed by atoms with Gasteiger partial charge in [-0.25, -0.2) is 0 Å². The molecule has 0 radical (unpaired) electrons. The molecule has 0 bridgehead atoms. The summed E-state index contributed by atoms with van der Waals surface area (Å²) in [6, 6.07) is 22.2. The van der Waals surface area contributed by atoms with E-state index in [9.17, 15) is 4.79 Å². The summed E-state index contributed by atoms with van der Waals surface area (Å²) in [7, 11) is 0. The largest absolute Gasteiger partial charge is 0.348 e. The van der Waals surface area contributed by atoms with Crippen LogP contribution in [0.1, 0.15) is 15.9 Å². The first-order valence-corrected chi connectivity index (χ1v) is 8.85. The van der Waals surface area contributed by atoms with E-state index in [0.29, 0.717) is 11.3 Å². The van der Waals surface area contributed by atoms with E-state index in [1.165, 1.54) is 16.7 Å². The van der Waals surface area contributed by atoms with Gasteiger partial charge in [0.05, 0.1) is 5.56 Å². The maximum Gasteiger partial charge on any atom is 0.253 e. The molecule has 0 aliphatic heterocycles. The lowest BCUT2D eigenvalue weighted by Gasteiger charge is -2.17. The molecule has 2 aromatic carbocycles. The number of aromatic nitrogens is 1. The molecule has 0 aliphatic carbocycles. The minimum atomic E-state index is -0.118. The maximum absolute atomic E-state index is 12.3. The Labute approximate surface area is 153 Å². The molecule has 0 aliphatic rings. The SMILES string of the molecule is O=C(N[C@@H](CS)Cc1ccc(-c2ccccc2)cc1)c1cccnc1. The van der Waals surface area contributed by atoms with Crippen LogP contribution in [-0.2, 0) is 6.42 Å². The van der Waals surface area contributed by atoms with Crippen LogP contribution in [0.5, 0.6) is 0 Å². The number of pyridine rings is 1. The second-order valence-electron chi connectivity index (χ2n) is 5.86. The molecule has 0 unspecified atom stereocenters. The summed E-state index contributed by atoms with van der Waals surface area (Å²) < 4.78 is 0. The fourth-order valence-corrected chi connectivity index (χ4v) is 2.90. The first kappa shape index (κ1) is 17.2. The average molecular weight is 348 g/mol. The zero-order valence-corrected chi connectivity index (χ0v) is 14.7. The van der Waals surface area contributed by atoms with Crippen LogP contribution in [-0.4, -0.2) is 22.7 Å². The number of rotatable bonds is 6. The molecule has 4 heteroatoms. The van der Waals surface area contributed by atoms with Gasteiger partial charge in [0.15, 0.2) is 0 Å². The molecular weight excluding hydrogens is 328 g/mol. The van der Waals surface area contributed by atoms with Gasteiger partial charge in [-0.2, -0.15) is 12.6 Å². The van der Waals surface area contributed by atoms with Crippen molar-refractivity contribution in [3.8, 4) is 11.1 Å². The van der Waals surface area contributed by atoms with Gasteiger partial charge in [0.1, 0.15) is 0 Å². The maximum atomic E-state index is 12.3. The van der Waals surface area contributed by atoms with E-state index in [4.69, 9.17) is 0 Å². The molecule has 1 heterocycles. The molecule has 1 aromatic heterocycles. The Morgan fingerprint density at radius 1 is 0.960 bits per heavy atom. The van der Waals surface area contributed by atoms with E-state index in [-0.39, 0.29) is 11.9 Å².